The van der Waals surface area contributed by atoms with Gasteiger partial charge in [0.2, 0.25) is 5.91 Å². The Morgan fingerprint density at radius 1 is 1.44 bits per heavy atom. The van der Waals surface area contributed by atoms with E-state index in [1.54, 1.807) is 0 Å². The zero-order valence-electron chi connectivity index (χ0n) is 11.4. The number of carbonyl (C=O) groups is 1. The Morgan fingerprint density at radius 3 is 2.78 bits per heavy atom. The Kier molecular flexibility index (Phi) is 6.39. The summed E-state index contributed by atoms with van der Waals surface area (Å²) in [6.07, 6.45) is 3.80. The fourth-order valence-corrected chi connectivity index (χ4v) is 2.29. The predicted molar refractivity (Wildman–Crippen MR) is 74.0 cm³/mol. The maximum atomic E-state index is 12.1. The van der Waals surface area contributed by atoms with Crippen molar-refractivity contribution in [1.29, 1.82) is 0 Å². The van der Waals surface area contributed by atoms with E-state index in [0.29, 0.717) is 13.2 Å². The van der Waals surface area contributed by atoms with Crippen LogP contribution in [0.1, 0.15) is 33.1 Å². The molecule has 18 heavy (non-hydrogen) atoms. The zero-order valence-corrected chi connectivity index (χ0v) is 12.2. The van der Waals surface area contributed by atoms with Crippen LogP contribution in [0.25, 0.3) is 0 Å². The Hall–Kier alpha value is -0.320. The van der Waals surface area contributed by atoms with Gasteiger partial charge in [0.1, 0.15) is 0 Å². The average Bonchev–Trinajstić information content (AvgIpc) is 3.13. The number of ether oxygens (including phenoxy) is 1. The van der Waals surface area contributed by atoms with Crippen LogP contribution in [0.4, 0.5) is 0 Å². The zero-order chi connectivity index (χ0) is 12.3. The van der Waals surface area contributed by atoms with Crippen LogP contribution in [0.15, 0.2) is 0 Å². The molecule has 0 aromatic rings. The molecule has 0 aromatic carbocycles. The lowest BCUT2D eigenvalue weighted by Crippen LogP contribution is -2.53. The first kappa shape index (κ1) is 15.7. The molecule has 0 bridgehead atoms. The van der Waals surface area contributed by atoms with Crippen molar-refractivity contribution >= 4 is 18.3 Å². The third-order valence-electron chi connectivity index (χ3n) is 3.67. The monoisotopic (exact) mass is 276 g/mol. The molecule has 2 fully saturated rings. The summed E-state index contributed by atoms with van der Waals surface area (Å²) < 4.78 is 5.60. The van der Waals surface area contributed by atoms with Crippen molar-refractivity contribution in [2.24, 2.45) is 5.92 Å². The molecule has 0 radical (unpaired) electrons. The fraction of sp³-hybridized carbons (Fsp3) is 0.923. The van der Waals surface area contributed by atoms with Gasteiger partial charge >= 0.3 is 0 Å². The third kappa shape index (κ3) is 4.41. The molecule has 106 valence electrons. The number of hydrogen-bond donors (Lipinski definition) is 1. The summed E-state index contributed by atoms with van der Waals surface area (Å²) in [5, 5.41) is 3.27. The molecule has 1 heterocycles. The van der Waals surface area contributed by atoms with Gasteiger partial charge in [0.15, 0.2) is 0 Å². The molecule has 4 nitrogen and oxygen atoms in total. The van der Waals surface area contributed by atoms with Crippen molar-refractivity contribution in [3.05, 3.63) is 0 Å². The van der Waals surface area contributed by atoms with Gasteiger partial charge in [-0.1, -0.05) is 6.92 Å². The van der Waals surface area contributed by atoms with Crippen molar-refractivity contribution in [2.75, 3.05) is 26.2 Å². The van der Waals surface area contributed by atoms with Crippen LogP contribution in [0.2, 0.25) is 0 Å². The minimum absolute atomic E-state index is 0. The molecule has 1 aliphatic carbocycles. The Balaban J connectivity index is 0.00000162. The molecule has 0 spiro atoms. The fourth-order valence-electron chi connectivity index (χ4n) is 2.29. The molecular weight excluding hydrogens is 252 g/mol. The largest absolute Gasteiger partial charge is 0.375 e. The van der Waals surface area contributed by atoms with E-state index in [1.807, 2.05) is 11.8 Å². The molecule has 2 aliphatic rings. The third-order valence-corrected chi connectivity index (χ3v) is 3.67. The summed E-state index contributed by atoms with van der Waals surface area (Å²) >= 11 is 0. The highest BCUT2D eigenvalue weighted by Gasteiger charge is 2.29. The van der Waals surface area contributed by atoms with Crippen LogP contribution < -0.4 is 5.32 Å². The predicted octanol–water partition coefficient (Wildman–Crippen LogP) is 1.43. The summed E-state index contributed by atoms with van der Waals surface area (Å²) in [5.41, 5.74) is 0. The van der Waals surface area contributed by atoms with Crippen LogP contribution in [0, 0.1) is 5.92 Å². The maximum Gasteiger partial charge on any atom is 0.236 e. The van der Waals surface area contributed by atoms with Gasteiger partial charge in [0.25, 0.3) is 0 Å². The van der Waals surface area contributed by atoms with Crippen LogP contribution in [0.3, 0.4) is 0 Å². The van der Waals surface area contributed by atoms with E-state index < -0.39 is 0 Å². The molecule has 1 amide bonds. The number of morpholine rings is 1. The van der Waals surface area contributed by atoms with Gasteiger partial charge in [-0.25, -0.2) is 0 Å². The van der Waals surface area contributed by atoms with E-state index in [0.717, 1.165) is 25.4 Å². The number of halogens is 1. The molecule has 0 aromatic heterocycles. The topological polar surface area (TPSA) is 41.6 Å². The van der Waals surface area contributed by atoms with Crippen molar-refractivity contribution in [3.63, 3.8) is 0 Å². The SMILES string of the molecule is CCC1COC(C)CN1C(=O)CNCC1CC1.Cl. The van der Waals surface area contributed by atoms with E-state index in [1.165, 1.54) is 12.8 Å². The van der Waals surface area contributed by atoms with Crippen LogP contribution >= 0.6 is 12.4 Å². The molecule has 1 N–H and O–H groups in total. The van der Waals surface area contributed by atoms with Crippen molar-refractivity contribution < 1.29 is 9.53 Å². The van der Waals surface area contributed by atoms with Gasteiger partial charge in [-0.05, 0) is 38.6 Å². The molecule has 2 unspecified atom stereocenters. The normalized spacial score (nSPS) is 27.8. The molecule has 2 rings (SSSR count). The van der Waals surface area contributed by atoms with E-state index in [4.69, 9.17) is 4.74 Å². The molecule has 1 aliphatic heterocycles. The van der Waals surface area contributed by atoms with Gasteiger partial charge in [-0.2, -0.15) is 0 Å². The minimum Gasteiger partial charge on any atom is -0.375 e. The van der Waals surface area contributed by atoms with Gasteiger partial charge in [-0.3, -0.25) is 4.79 Å². The van der Waals surface area contributed by atoms with Crippen LogP contribution in [-0.4, -0.2) is 49.2 Å². The molecule has 2 atom stereocenters. The quantitative estimate of drug-likeness (QED) is 0.826. The van der Waals surface area contributed by atoms with Gasteiger partial charge < -0.3 is 15.0 Å². The van der Waals surface area contributed by atoms with Gasteiger partial charge in [0.05, 0.1) is 25.3 Å². The van der Waals surface area contributed by atoms with E-state index in [2.05, 4.69) is 12.2 Å². The highest BCUT2D eigenvalue weighted by Crippen LogP contribution is 2.27. The number of nitrogens with one attached hydrogen (secondary N) is 1. The van der Waals surface area contributed by atoms with E-state index in [-0.39, 0.29) is 30.5 Å². The molecule has 5 heteroatoms. The lowest BCUT2D eigenvalue weighted by Gasteiger charge is -2.38. The number of nitrogens with zero attached hydrogens (tertiary/aromatic N) is 1. The second kappa shape index (κ2) is 7.31. The standard InChI is InChI=1S/C13H24N2O2.ClH/c1-3-12-9-17-10(2)8-15(12)13(16)7-14-6-11-4-5-11;/h10-12,14H,3-9H2,1-2H3;1H. The number of rotatable bonds is 5. The summed E-state index contributed by atoms with van der Waals surface area (Å²) in [7, 11) is 0. The molecular formula is C13H25ClN2O2. The number of carbonyl (C=O) groups excluding carboxylic acids is 1. The number of amides is 1. The first-order chi connectivity index (χ1) is 8.20. The van der Waals surface area contributed by atoms with Crippen molar-refractivity contribution in [3.8, 4) is 0 Å². The molecule has 1 saturated heterocycles. The Bertz CT molecular complexity index is 272. The highest BCUT2D eigenvalue weighted by molar-refractivity contribution is 5.85. The van der Waals surface area contributed by atoms with E-state index in [9.17, 15) is 4.79 Å². The smallest absolute Gasteiger partial charge is 0.236 e. The first-order valence-electron chi connectivity index (χ1n) is 6.82. The summed E-state index contributed by atoms with van der Waals surface area (Å²) in [6, 6.07) is 0.265. The van der Waals surface area contributed by atoms with Crippen LogP contribution in [-0.2, 0) is 9.53 Å². The van der Waals surface area contributed by atoms with Crippen LogP contribution in [0.5, 0.6) is 0 Å². The van der Waals surface area contributed by atoms with Gasteiger partial charge in [0, 0.05) is 6.54 Å². The lowest BCUT2D eigenvalue weighted by molar-refractivity contribution is -0.143. The Morgan fingerprint density at radius 2 is 2.17 bits per heavy atom. The Labute approximate surface area is 116 Å². The average molecular weight is 277 g/mol. The number of hydrogen-bond acceptors (Lipinski definition) is 3. The summed E-state index contributed by atoms with van der Waals surface area (Å²) in [6.45, 7) is 7.06. The highest BCUT2D eigenvalue weighted by atomic mass is 35.5. The lowest BCUT2D eigenvalue weighted by atomic mass is 10.1. The second-order valence-electron chi connectivity index (χ2n) is 5.33. The van der Waals surface area contributed by atoms with E-state index >= 15 is 0 Å². The maximum absolute atomic E-state index is 12.1. The summed E-state index contributed by atoms with van der Waals surface area (Å²) in [5.74, 6) is 1.06. The van der Waals surface area contributed by atoms with Crippen molar-refractivity contribution in [1.82, 2.24) is 10.2 Å². The van der Waals surface area contributed by atoms with Gasteiger partial charge in [-0.15, -0.1) is 12.4 Å². The summed E-state index contributed by atoms with van der Waals surface area (Å²) in [4.78, 5) is 14.1. The molecule has 1 saturated carbocycles. The van der Waals surface area contributed by atoms with Crippen molar-refractivity contribution in [2.45, 2.75) is 45.3 Å². The first-order valence-corrected chi connectivity index (χ1v) is 6.82. The second-order valence-corrected chi connectivity index (χ2v) is 5.33. The minimum atomic E-state index is 0.